The molecule has 0 aromatic rings. The summed E-state index contributed by atoms with van der Waals surface area (Å²) in [5, 5.41) is 38.9. The van der Waals surface area contributed by atoms with Crippen LogP contribution in [-0.2, 0) is 14.4 Å². The van der Waals surface area contributed by atoms with Gasteiger partial charge in [0, 0.05) is 24.8 Å². The molecule has 0 heterocycles. The third-order valence-corrected chi connectivity index (χ3v) is 1.25. The van der Waals surface area contributed by atoms with Gasteiger partial charge in [-0.2, -0.15) is 0 Å². The maximum atomic E-state index is 10.1. The van der Waals surface area contributed by atoms with E-state index in [-0.39, 0.29) is 109 Å². The number of quaternary nitrogens is 1. The molecule has 0 spiro atoms. The molecular formula is C6H9K2NO7. The van der Waals surface area contributed by atoms with E-state index in [1.165, 1.54) is 0 Å². The van der Waals surface area contributed by atoms with E-state index in [0.29, 0.717) is 0 Å². The summed E-state index contributed by atoms with van der Waals surface area (Å²) in [6, 6.07) is 0. The van der Waals surface area contributed by atoms with Gasteiger partial charge in [-0.25, -0.2) is 0 Å². The molecule has 0 rings (SSSR count). The van der Waals surface area contributed by atoms with E-state index in [1.807, 2.05) is 0 Å². The quantitative estimate of drug-likeness (QED) is 0.471. The van der Waals surface area contributed by atoms with Crippen molar-refractivity contribution in [3.8, 4) is 0 Å². The Morgan fingerprint density at radius 2 is 1.19 bits per heavy atom. The van der Waals surface area contributed by atoms with Crippen LogP contribution < -0.4 is 124 Å². The van der Waals surface area contributed by atoms with Crippen LogP contribution in [0.5, 0.6) is 0 Å². The Hall–Kier alpha value is 1.60. The van der Waals surface area contributed by atoms with Crippen molar-refractivity contribution in [1.29, 1.82) is 0 Å². The van der Waals surface area contributed by atoms with Crippen molar-refractivity contribution in [3.63, 3.8) is 0 Å². The standard InChI is InChI=1S/C6H8O7.2K.H3N/c7-3(8)1-6(13,5(11)12)2-4(9)10;;;/h13H,1-2H2,(H,7,8)(H,9,10)(H,11,12);;;1H3/q;2*+1;/p-2. The first-order valence-electron chi connectivity index (χ1n) is 3.11. The molecule has 10 heteroatoms. The van der Waals surface area contributed by atoms with Gasteiger partial charge in [-0.15, -0.1) is 0 Å². The van der Waals surface area contributed by atoms with Crippen LogP contribution in [0.2, 0.25) is 0 Å². The predicted molar refractivity (Wildman–Crippen MR) is 35.2 cm³/mol. The summed E-state index contributed by atoms with van der Waals surface area (Å²) in [7, 11) is 0. The minimum atomic E-state index is -2.97. The van der Waals surface area contributed by atoms with Gasteiger partial charge in [0.25, 0.3) is 0 Å². The van der Waals surface area contributed by atoms with Gasteiger partial charge in [0.15, 0.2) is 0 Å². The number of hydrogen-bond acceptors (Lipinski definition) is 7. The van der Waals surface area contributed by atoms with Crippen molar-refractivity contribution in [2.75, 3.05) is 0 Å². The molecule has 5 N–H and O–H groups in total. The molecule has 82 valence electrons. The number of rotatable bonds is 5. The molecular weight excluding hydrogens is 276 g/mol. The second kappa shape index (κ2) is 11.7. The minimum absolute atomic E-state index is 0. The van der Waals surface area contributed by atoms with Gasteiger partial charge in [0.2, 0.25) is 0 Å². The van der Waals surface area contributed by atoms with Crippen molar-refractivity contribution in [1.82, 2.24) is 6.15 Å². The summed E-state index contributed by atoms with van der Waals surface area (Å²) in [5.74, 6) is -5.98. The molecule has 0 atom stereocenters. The van der Waals surface area contributed by atoms with E-state index in [2.05, 4.69) is 0 Å². The number of carboxylic acids is 3. The van der Waals surface area contributed by atoms with E-state index in [4.69, 9.17) is 5.11 Å². The van der Waals surface area contributed by atoms with E-state index in [1.54, 1.807) is 0 Å². The van der Waals surface area contributed by atoms with E-state index in [0.717, 1.165) is 0 Å². The van der Waals surface area contributed by atoms with Crippen molar-refractivity contribution in [2.24, 2.45) is 0 Å². The Kier molecular flexibility index (Phi) is 19.1. The Morgan fingerprint density at radius 3 is 1.31 bits per heavy atom. The average Bonchev–Trinajstić information content (AvgIpc) is 1.82. The largest absolute Gasteiger partial charge is 1.00 e. The number of aliphatic hydroxyl groups is 1. The molecule has 0 fully saturated rings. The fraction of sp³-hybridized carbons (Fsp3) is 0.500. The zero-order valence-electron chi connectivity index (χ0n) is 9.31. The molecule has 0 aliphatic heterocycles. The first-order chi connectivity index (χ1) is 5.78. The van der Waals surface area contributed by atoms with Crippen molar-refractivity contribution in [2.45, 2.75) is 18.4 Å². The normalized spacial score (nSPS) is 8.81. The Balaban J connectivity index is -0.000000240. The SMILES string of the molecule is O=C([O-])CC(O)(CC(=O)[O-])C(=O)[O-].[K+].[K+].[NH4+]. The molecule has 16 heavy (non-hydrogen) atoms. The first kappa shape index (κ1) is 26.2. The van der Waals surface area contributed by atoms with Crippen molar-refractivity contribution in [3.05, 3.63) is 0 Å². The van der Waals surface area contributed by atoms with Crippen LogP contribution in [0.4, 0.5) is 0 Å². The summed E-state index contributed by atoms with van der Waals surface area (Å²) in [6.07, 6.45) is -2.72. The van der Waals surface area contributed by atoms with Crippen LogP contribution in [0.25, 0.3) is 0 Å². The van der Waals surface area contributed by atoms with Gasteiger partial charge in [-0.3, -0.25) is 0 Å². The summed E-state index contributed by atoms with van der Waals surface area (Å²) in [6.45, 7) is 0. The van der Waals surface area contributed by atoms with E-state index >= 15 is 0 Å². The van der Waals surface area contributed by atoms with Gasteiger partial charge in [-0.1, -0.05) is 0 Å². The Bertz CT molecular complexity index is 241. The number of hydrogen-bond donors (Lipinski definition) is 2. The van der Waals surface area contributed by atoms with Crippen LogP contribution in [0.15, 0.2) is 0 Å². The third kappa shape index (κ3) is 10.7. The Morgan fingerprint density at radius 1 is 0.938 bits per heavy atom. The van der Waals surface area contributed by atoms with Crippen LogP contribution in [0.3, 0.4) is 0 Å². The molecule has 0 aliphatic rings. The molecule has 0 aromatic heterocycles. The summed E-state index contributed by atoms with van der Waals surface area (Å²) in [4.78, 5) is 30.0. The second-order valence-corrected chi connectivity index (χ2v) is 2.42. The predicted octanol–water partition coefficient (Wildman–Crippen LogP) is -10.9. The molecule has 0 aliphatic carbocycles. The molecule has 0 bridgehead atoms. The fourth-order valence-corrected chi connectivity index (χ4v) is 0.684. The molecule has 8 nitrogen and oxygen atoms in total. The third-order valence-electron chi connectivity index (χ3n) is 1.25. The number of carbonyl (C=O) groups excluding carboxylic acids is 3. The first-order valence-corrected chi connectivity index (χ1v) is 3.11. The minimum Gasteiger partial charge on any atom is -0.550 e. The number of carbonyl (C=O) groups is 3. The fourth-order valence-electron chi connectivity index (χ4n) is 0.684. The molecule has 0 amide bonds. The smallest absolute Gasteiger partial charge is 0.550 e. The van der Waals surface area contributed by atoms with Crippen LogP contribution in [-0.4, -0.2) is 28.6 Å². The van der Waals surface area contributed by atoms with Crippen molar-refractivity contribution >= 4 is 17.9 Å². The monoisotopic (exact) mass is 285 g/mol. The van der Waals surface area contributed by atoms with Gasteiger partial charge in [0.05, 0.1) is 5.97 Å². The van der Waals surface area contributed by atoms with E-state index < -0.39 is 36.4 Å². The van der Waals surface area contributed by atoms with Crippen LogP contribution in [0, 0.1) is 0 Å². The second-order valence-electron chi connectivity index (χ2n) is 2.42. The van der Waals surface area contributed by atoms with Gasteiger partial charge < -0.3 is 41.0 Å². The molecule has 0 saturated heterocycles. The zero-order valence-corrected chi connectivity index (χ0v) is 15.6. The summed E-state index contributed by atoms with van der Waals surface area (Å²) >= 11 is 0. The number of aliphatic carboxylic acids is 3. The topological polar surface area (TPSA) is 177 Å². The van der Waals surface area contributed by atoms with Crippen molar-refractivity contribution < 1.29 is 138 Å². The van der Waals surface area contributed by atoms with E-state index in [9.17, 15) is 29.7 Å². The summed E-state index contributed by atoms with van der Waals surface area (Å²) < 4.78 is 0. The zero-order chi connectivity index (χ0) is 10.6. The van der Waals surface area contributed by atoms with Gasteiger partial charge in [0.1, 0.15) is 5.60 Å². The van der Waals surface area contributed by atoms with Crippen LogP contribution >= 0.6 is 0 Å². The van der Waals surface area contributed by atoms with Gasteiger partial charge >= 0.3 is 103 Å². The average molecular weight is 285 g/mol. The molecule has 0 aromatic carbocycles. The summed E-state index contributed by atoms with van der Waals surface area (Å²) in [5.41, 5.74) is -2.97. The molecule has 0 unspecified atom stereocenters. The maximum absolute atomic E-state index is 10.1. The Labute approximate surface area is 176 Å². The van der Waals surface area contributed by atoms with Crippen LogP contribution in [0.1, 0.15) is 12.8 Å². The molecule has 0 saturated carbocycles. The number of carboxylic acid groups (broad SMARTS) is 3. The molecule has 0 radical (unpaired) electrons. The van der Waals surface area contributed by atoms with Gasteiger partial charge in [-0.05, 0) is 0 Å². The maximum Gasteiger partial charge on any atom is 1.00 e.